The summed E-state index contributed by atoms with van der Waals surface area (Å²) in [6, 6.07) is 9.73. The van der Waals surface area contributed by atoms with Crippen molar-refractivity contribution in [2.75, 3.05) is 18.0 Å². The summed E-state index contributed by atoms with van der Waals surface area (Å²) in [5.74, 6) is 2.63. The SMILES string of the molecule is Cc1[nH]cnc1CSCCN=c1cc(N)c(Cc2nc3ccccc3[nH]2)co1. The molecule has 0 spiro atoms. The molecule has 4 rings (SSSR count). The molecule has 7 nitrogen and oxygen atoms in total. The number of benzene rings is 1. The second-order valence-corrected chi connectivity index (χ2v) is 7.59. The minimum atomic E-state index is 0.544. The van der Waals surface area contributed by atoms with Gasteiger partial charge in [0.05, 0.1) is 35.9 Å². The molecule has 0 aliphatic carbocycles. The fourth-order valence-corrected chi connectivity index (χ4v) is 3.73. The lowest BCUT2D eigenvalue weighted by molar-refractivity contribution is 0.486. The van der Waals surface area contributed by atoms with Crippen LogP contribution in [0.2, 0.25) is 0 Å². The highest BCUT2D eigenvalue weighted by Gasteiger charge is 2.07. The molecule has 0 aliphatic heterocycles. The second kappa shape index (κ2) is 8.35. The van der Waals surface area contributed by atoms with E-state index >= 15 is 0 Å². The highest BCUT2D eigenvalue weighted by molar-refractivity contribution is 7.98. The zero-order chi connectivity index (χ0) is 19.3. The summed E-state index contributed by atoms with van der Waals surface area (Å²) in [5.41, 5.74) is 12.5. The van der Waals surface area contributed by atoms with Gasteiger partial charge in [-0.1, -0.05) is 12.1 Å². The van der Waals surface area contributed by atoms with Crippen LogP contribution in [0.25, 0.3) is 11.0 Å². The number of imidazole rings is 2. The number of H-pyrrole nitrogens is 2. The molecule has 0 fully saturated rings. The molecule has 0 bridgehead atoms. The van der Waals surface area contributed by atoms with Crippen LogP contribution in [0.4, 0.5) is 5.69 Å². The van der Waals surface area contributed by atoms with Crippen LogP contribution in [0.15, 0.2) is 52.3 Å². The lowest BCUT2D eigenvalue weighted by Gasteiger charge is -2.02. The van der Waals surface area contributed by atoms with Crippen LogP contribution in [0.1, 0.15) is 22.8 Å². The highest BCUT2D eigenvalue weighted by Crippen LogP contribution is 2.16. The molecular formula is C20H22N6OS. The Morgan fingerprint density at radius 1 is 1.29 bits per heavy atom. The lowest BCUT2D eigenvalue weighted by atomic mass is 10.2. The van der Waals surface area contributed by atoms with E-state index in [1.165, 1.54) is 0 Å². The number of aromatic nitrogens is 4. The van der Waals surface area contributed by atoms with Gasteiger partial charge in [0, 0.05) is 40.9 Å². The van der Waals surface area contributed by atoms with Gasteiger partial charge in [-0.25, -0.2) is 9.97 Å². The van der Waals surface area contributed by atoms with Crippen molar-refractivity contribution in [1.82, 2.24) is 19.9 Å². The van der Waals surface area contributed by atoms with Crippen LogP contribution in [-0.2, 0) is 12.2 Å². The van der Waals surface area contributed by atoms with Crippen LogP contribution in [-0.4, -0.2) is 32.2 Å². The summed E-state index contributed by atoms with van der Waals surface area (Å²) in [4.78, 5) is 19.7. The van der Waals surface area contributed by atoms with E-state index in [4.69, 9.17) is 10.2 Å². The molecule has 0 saturated heterocycles. The number of aryl methyl sites for hydroxylation is 1. The zero-order valence-electron chi connectivity index (χ0n) is 15.6. The Morgan fingerprint density at radius 3 is 2.96 bits per heavy atom. The molecule has 3 heterocycles. The molecule has 4 N–H and O–H groups in total. The fourth-order valence-electron chi connectivity index (χ4n) is 2.88. The topological polar surface area (TPSA) is 109 Å². The highest BCUT2D eigenvalue weighted by atomic mass is 32.2. The summed E-state index contributed by atoms with van der Waals surface area (Å²) in [6.45, 7) is 2.70. The molecule has 144 valence electrons. The molecule has 3 aromatic heterocycles. The quantitative estimate of drug-likeness (QED) is 0.417. The molecule has 0 saturated carbocycles. The number of hydrogen-bond donors (Lipinski definition) is 3. The van der Waals surface area contributed by atoms with E-state index in [0.29, 0.717) is 24.2 Å². The van der Waals surface area contributed by atoms with Crippen molar-refractivity contribution in [3.63, 3.8) is 0 Å². The number of hydrogen-bond acceptors (Lipinski definition) is 6. The summed E-state index contributed by atoms with van der Waals surface area (Å²) in [6.07, 6.45) is 3.98. The number of fused-ring (bicyclic) bond motifs is 1. The van der Waals surface area contributed by atoms with Gasteiger partial charge in [0.15, 0.2) is 0 Å². The minimum Gasteiger partial charge on any atom is -0.447 e. The van der Waals surface area contributed by atoms with E-state index < -0.39 is 0 Å². The number of anilines is 1. The fraction of sp³-hybridized carbons (Fsp3) is 0.250. The molecule has 28 heavy (non-hydrogen) atoms. The van der Waals surface area contributed by atoms with Gasteiger partial charge in [0.1, 0.15) is 5.82 Å². The van der Waals surface area contributed by atoms with E-state index in [1.54, 1.807) is 30.4 Å². The first-order valence-electron chi connectivity index (χ1n) is 9.07. The molecule has 8 heteroatoms. The van der Waals surface area contributed by atoms with Crippen molar-refractivity contribution in [3.8, 4) is 0 Å². The number of aromatic amines is 2. The largest absolute Gasteiger partial charge is 0.447 e. The molecule has 0 aliphatic rings. The number of nitrogens with two attached hydrogens (primary N) is 1. The van der Waals surface area contributed by atoms with Crippen molar-refractivity contribution in [3.05, 3.63) is 71.3 Å². The van der Waals surface area contributed by atoms with Gasteiger partial charge >= 0.3 is 0 Å². The summed E-state index contributed by atoms with van der Waals surface area (Å²) in [5, 5.41) is 0. The van der Waals surface area contributed by atoms with Gasteiger partial charge in [-0.3, -0.25) is 4.99 Å². The third-order valence-corrected chi connectivity index (χ3v) is 5.39. The number of para-hydroxylation sites is 2. The maximum absolute atomic E-state index is 6.20. The summed E-state index contributed by atoms with van der Waals surface area (Å²) in [7, 11) is 0. The molecule has 4 aromatic rings. The van der Waals surface area contributed by atoms with Crippen molar-refractivity contribution in [2.24, 2.45) is 4.99 Å². The average molecular weight is 395 g/mol. The van der Waals surface area contributed by atoms with Crippen LogP contribution in [0.3, 0.4) is 0 Å². The molecule has 0 radical (unpaired) electrons. The maximum atomic E-state index is 6.20. The van der Waals surface area contributed by atoms with Crippen LogP contribution >= 0.6 is 11.8 Å². The summed E-state index contributed by atoms with van der Waals surface area (Å²) < 4.78 is 5.64. The monoisotopic (exact) mass is 394 g/mol. The van der Waals surface area contributed by atoms with Gasteiger partial charge < -0.3 is 20.1 Å². The van der Waals surface area contributed by atoms with Crippen molar-refractivity contribution in [2.45, 2.75) is 19.1 Å². The average Bonchev–Trinajstić information content (AvgIpc) is 3.29. The zero-order valence-corrected chi connectivity index (χ0v) is 16.4. The first-order valence-corrected chi connectivity index (χ1v) is 10.2. The number of thioether (sulfide) groups is 1. The number of nitrogen functional groups attached to an aromatic ring is 1. The van der Waals surface area contributed by atoms with Gasteiger partial charge in [-0.15, -0.1) is 0 Å². The normalized spacial score (nSPS) is 12.1. The molecule has 0 atom stereocenters. The Kier molecular flexibility index (Phi) is 5.48. The van der Waals surface area contributed by atoms with Crippen LogP contribution in [0, 0.1) is 6.92 Å². The Hall–Kier alpha value is -3.00. The first-order chi connectivity index (χ1) is 13.7. The van der Waals surface area contributed by atoms with Crippen molar-refractivity contribution >= 4 is 28.5 Å². The van der Waals surface area contributed by atoms with Crippen molar-refractivity contribution < 1.29 is 4.42 Å². The lowest BCUT2D eigenvalue weighted by Crippen LogP contribution is -2.07. The first kappa shape index (κ1) is 18.4. The molecule has 1 aromatic carbocycles. The second-order valence-electron chi connectivity index (χ2n) is 6.48. The van der Waals surface area contributed by atoms with Gasteiger partial charge in [0.25, 0.3) is 0 Å². The Bertz CT molecular complexity index is 1110. The number of rotatable bonds is 7. The van der Waals surface area contributed by atoms with Crippen LogP contribution in [0.5, 0.6) is 0 Å². The number of nitrogens with one attached hydrogen (secondary N) is 2. The third-order valence-electron chi connectivity index (χ3n) is 4.44. The number of nitrogens with zero attached hydrogens (tertiary/aromatic N) is 3. The maximum Gasteiger partial charge on any atom is 0.215 e. The smallest absolute Gasteiger partial charge is 0.215 e. The van der Waals surface area contributed by atoms with E-state index in [9.17, 15) is 0 Å². The third kappa shape index (κ3) is 4.28. The van der Waals surface area contributed by atoms with Gasteiger partial charge in [0.2, 0.25) is 5.55 Å². The van der Waals surface area contributed by atoms with E-state index in [-0.39, 0.29) is 0 Å². The predicted octanol–water partition coefficient (Wildman–Crippen LogP) is 3.19. The van der Waals surface area contributed by atoms with Gasteiger partial charge in [-0.05, 0) is 19.1 Å². The van der Waals surface area contributed by atoms with E-state index in [1.807, 2.05) is 31.2 Å². The Morgan fingerprint density at radius 2 is 2.18 bits per heavy atom. The van der Waals surface area contributed by atoms with E-state index in [0.717, 1.165) is 45.3 Å². The summed E-state index contributed by atoms with van der Waals surface area (Å²) >= 11 is 1.79. The molecular weight excluding hydrogens is 372 g/mol. The van der Waals surface area contributed by atoms with E-state index in [2.05, 4.69) is 24.9 Å². The van der Waals surface area contributed by atoms with Crippen LogP contribution < -0.4 is 11.3 Å². The minimum absolute atomic E-state index is 0.544. The Balaban J connectivity index is 1.35. The standard InChI is InChI=1S/C20H22N6OS/c1-13-18(24-12-23-13)11-28-7-6-22-20-9-15(21)14(10-27-20)8-19-25-16-4-2-3-5-17(16)26-19/h2-5,9-10,12H,6-8,11,21H2,1H3,(H,23,24)(H,25,26). The van der Waals surface area contributed by atoms with Crippen molar-refractivity contribution in [1.29, 1.82) is 0 Å². The molecule has 0 amide bonds. The Labute approximate surface area is 166 Å². The molecule has 0 unspecified atom stereocenters. The predicted molar refractivity (Wildman–Crippen MR) is 112 cm³/mol. The van der Waals surface area contributed by atoms with Gasteiger partial charge in [-0.2, -0.15) is 11.8 Å².